The van der Waals surface area contributed by atoms with E-state index in [2.05, 4.69) is 16.2 Å². The van der Waals surface area contributed by atoms with Crippen molar-refractivity contribution in [1.29, 1.82) is 0 Å². The third-order valence-electron chi connectivity index (χ3n) is 6.91. The monoisotopic (exact) mass is 430 g/mol. The number of nitrogens with zero attached hydrogens (tertiary/aromatic N) is 3. The van der Waals surface area contributed by atoms with Gasteiger partial charge in [-0.2, -0.15) is 5.10 Å². The zero-order valence-electron chi connectivity index (χ0n) is 17.4. The minimum absolute atomic E-state index is 0.0132. The fourth-order valence-corrected chi connectivity index (χ4v) is 5.39. The summed E-state index contributed by atoms with van der Waals surface area (Å²) in [5, 5.41) is 20.0. The predicted octanol–water partition coefficient (Wildman–Crippen LogP) is 4.17. The number of rotatable bonds is 3. The van der Waals surface area contributed by atoms with Crippen molar-refractivity contribution < 1.29 is 13.9 Å². The van der Waals surface area contributed by atoms with E-state index in [4.69, 9.17) is 11.5 Å². The van der Waals surface area contributed by atoms with Gasteiger partial charge in [-0.25, -0.2) is 8.78 Å². The van der Waals surface area contributed by atoms with Crippen LogP contribution in [0.2, 0.25) is 0 Å². The topological polar surface area (TPSA) is 63.0 Å². The maximum atomic E-state index is 16.0. The molecule has 2 N–H and O–H groups in total. The first-order valence-corrected chi connectivity index (χ1v) is 10.7. The lowest BCUT2D eigenvalue weighted by Gasteiger charge is -2.12. The average Bonchev–Trinajstić information content (AvgIpc) is 3.12. The van der Waals surface area contributed by atoms with Gasteiger partial charge in [0.25, 0.3) is 0 Å². The molecule has 2 unspecified atom stereocenters. The van der Waals surface area contributed by atoms with Crippen LogP contribution in [0.3, 0.4) is 0 Å². The van der Waals surface area contributed by atoms with E-state index >= 15 is 4.39 Å². The Kier molecular flexibility index (Phi) is 4.05. The normalized spacial score (nSPS) is 21.8. The first kappa shape index (κ1) is 19.2. The summed E-state index contributed by atoms with van der Waals surface area (Å²) in [7, 11) is 0. The molecule has 160 valence electrons. The molecule has 1 saturated carbocycles. The molecule has 0 spiro atoms. The smallest absolute Gasteiger partial charge is 0.175 e. The van der Waals surface area contributed by atoms with Crippen LogP contribution in [-0.2, 0) is 6.54 Å². The van der Waals surface area contributed by atoms with Crippen LogP contribution in [-0.4, -0.2) is 33.0 Å². The Hall–Kier alpha value is -3.50. The maximum absolute atomic E-state index is 16.0. The van der Waals surface area contributed by atoms with Crippen molar-refractivity contribution in [1.82, 2.24) is 20.1 Å². The standard InChI is InChI=1S/C25H20F2N4O/c1-3-14-19(26)6-5-12-7-13(32)8-15(20(12)14)24-22(27)25-18(11-29-24)23(30-31(25)4-2)21-16-9-28-10-17(16)21/h1,5-8,11,16-17,21,28,32H,4,9-10H2,2H3/t16-,17?,21?/m0/s1. The van der Waals surface area contributed by atoms with Gasteiger partial charge < -0.3 is 10.4 Å². The highest BCUT2D eigenvalue weighted by atomic mass is 19.1. The van der Waals surface area contributed by atoms with Crippen LogP contribution >= 0.6 is 0 Å². The molecule has 3 heterocycles. The zero-order valence-corrected chi connectivity index (χ0v) is 17.4. The van der Waals surface area contributed by atoms with Gasteiger partial charge in [0.15, 0.2) is 5.82 Å². The Morgan fingerprint density at radius 3 is 2.75 bits per heavy atom. The number of piperidine rings is 1. The summed E-state index contributed by atoms with van der Waals surface area (Å²) < 4.78 is 32.2. The van der Waals surface area contributed by atoms with Crippen molar-refractivity contribution in [2.75, 3.05) is 13.1 Å². The molecule has 1 aliphatic heterocycles. The third kappa shape index (κ3) is 2.53. The molecule has 4 aromatic rings. The molecule has 6 rings (SSSR count). The number of phenols is 1. The highest BCUT2D eigenvalue weighted by Crippen LogP contribution is 2.56. The van der Waals surface area contributed by atoms with E-state index in [1.54, 1.807) is 10.9 Å². The summed E-state index contributed by atoms with van der Waals surface area (Å²) in [6.07, 6.45) is 7.23. The van der Waals surface area contributed by atoms with Gasteiger partial charge in [-0.3, -0.25) is 9.67 Å². The largest absolute Gasteiger partial charge is 0.508 e. The summed E-state index contributed by atoms with van der Waals surface area (Å²) in [5.74, 6) is 2.56. The molecule has 1 saturated heterocycles. The van der Waals surface area contributed by atoms with Gasteiger partial charge in [0.05, 0.1) is 11.3 Å². The number of halogens is 2. The van der Waals surface area contributed by atoms with E-state index in [9.17, 15) is 9.50 Å². The van der Waals surface area contributed by atoms with Crippen molar-refractivity contribution in [2.45, 2.75) is 19.4 Å². The SMILES string of the molecule is C#Cc1c(F)ccc2cc(O)cc(-c3ncc4c(C5C6CNC[C@@H]65)nn(CC)c4c3F)c12. The lowest BCUT2D eigenvalue weighted by atomic mass is 9.95. The molecule has 2 fully saturated rings. The van der Waals surface area contributed by atoms with Crippen molar-refractivity contribution in [2.24, 2.45) is 11.8 Å². The summed E-state index contributed by atoms with van der Waals surface area (Å²) in [6, 6.07) is 5.61. The molecular weight excluding hydrogens is 410 g/mol. The summed E-state index contributed by atoms with van der Waals surface area (Å²) in [6.45, 7) is 4.34. The molecule has 32 heavy (non-hydrogen) atoms. The fourth-order valence-electron chi connectivity index (χ4n) is 5.39. The molecule has 5 nitrogen and oxygen atoms in total. The molecule has 2 aliphatic rings. The van der Waals surface area contributed by atoms with Crippen molar-refractivity contribution in [3.8, 4) is 29.4 Å². The molecule has 7 heteroatoms. The number of benzene rings is 2. The van der Waals surface area contributed by atoms with Gasteiger partial charge in [-0.05, 0) is 55.4 Å². The Balaban J connectivity index is 1.62. The number of hydrogen-bond donors (Lipinski definition) is 2. The Morgan fingerprint density at radius 1 is 1.25 bits per heavy atom. The molecular formula is C25H20F2N4O. The van der Waals surface area contributed by atoms with Crippen molar-refractivity contribution in [3.63, 3.8) is 0 Å². The summed E-state index contributed by atoms with van der Waals surface area (Å²) >= 11 is 0. The molecule has 0 amide bonds. The Labute approximate surface area is 183 Å². The fraction of sp³-hybridized carbons (Fsp3) is 0.280. The minimum atomic E-state index is -0.580. The zero-order chi connectivity index (χ0) is 22.1. The number of phenolic OH excluding ortho intramolecular Hbond substituents is 1. The van der Waals surface area contributed by atoms with Crippen LogP contribution in [0.1, 0.15) is 24.1 Å². The highest BCUT2D eigenvalue weighted by Gasteiger charge is 2.55. The number of aromatic hydroxyl groups is 1. The van der Waals surface area contributed by atoms with Gasteiger partial charge in [0.2, 0.25) is 0 Å². The van der Waals surface area contributed by atoms with Crippen LogP contribution in [0.4, 0.5) is 8.78 Å². The maximum Gasteiger partial charge on any atom is 0.175 e. The number of pyridine rings is 1. The lowest BCUT2D eigenvalue weighted by Crippen LogP contribution is -2.14. The van der Waals surface area contributed by atoms with Crippen LogP contribution in [0.25, 0.3) is 32.9 Å². The van der Waals surface area contributed by atoms with Crippen LogP contribution in [0.5, 0.6) is 5.75 Å². The first-order chi connectivity index (χ1) is 15.5. The van der Waals surface area contributed by atoms with Gasteiger partial charge in [0.1, 0.15) is 22.8 Å². The average molecular weight is 430 g/mol. The number of aryl methyl sites for hydroxylation is 1. The number of hydrogen-bond acceptors (Lipinski definition) is 4. The summed E-state index contributed by atoms with van der Waals surface area (Å²) in [5.41, 5.74) is 1.55. The van der Waals surface area contributed by atoms with E-state index in [-0.39, 0.29) is 22.6 Å². The van der Waals surface area contributed by atoms with Gasteiger partial charge in [-0.15, -0.1) is 6.42 Å². The van der Waals surface area contributed by atoms with E-state index in [1.165, 1.54) is 24.3 Å². The van der Waals surface area contributed by atoms with Gasteiger partial charge in [-0.1, -0.05) is 12.0 Å². The number of fused-ring (bicyclic) bond motifs is 3. The molecule has 0 bridgehead atoms. The lowest BCUT2D eigenvalue weighted by molar-refractivity contribution is 0.476. The van der Waals surface area contributed by atoms with Crippen LogP contribution < -0.4 is 5.32 Å². The third-order valence-corrected chi connectivity index (χ3v) is 6.91. The van der Waals surface area contributed by atoms with E-state index in [1.807, 2.05) is 6.92 Å². The van der Waals surface area contributed by atoms with Gasteiger partial charge in [0, 0.05) is 35.0 Å². The minimum Gasteiger partial charge on any atom is -0.508 e. The van der Waals surface area contributed by atoms with Crippen molar-refractivity contribution >= 4 is 21.7 Å². The Bertz CT molecular complexity index is 1460. The predicted molar refractivity (Wildman–Crippen MR) is 118 cm³/mol. The summed E-state index contributed by atoms with van der Waals surface area (Å²) in [4.78, 5) is 4.44. The van der Waals surface area contributed by atoms with Gasteiger partial charge >= 0.3 is 0 Å². The number of aromatic nitrogens is 3. The van der Waals surface area contributed by atoms with Crippen LogP contribution in [0, 0.1) is 35.8 Å². The highest BCUT2D eigenvalue weighted by molar-refractivity contribution is 6.02. The number of terminal acetylenes is 1. The van der Waals surface area contributed by atoms with E-state index < -0.39 is 11.6 Å². The second kappa shape index (κ2) is 6.75. The molecule has 2 aromatic carbocycles. The Morgan fingerprint density at radius 2 is 2.03 bits per heavy atom. The molecule has 2 aromatic heterocycles. The quantitative estimate of drug-likeness (QED) is 0.479. The number of nitrogens with one attached hydrogen (secondary N) is 1. The van der Waals surface area contributed by atoms with E-state index in [0.29, 0.717) is 46.0 Å². The van der Waals surface area contributed by atoms with Crippen LogP contribution in [0.15, 0.2) is 30.5 Å². The second-order valence-electron chi connectivity index (χ2n) is 8.55. The van der Waals surface area contributed by atoms with Crippen molar-refractivity contribution in [3.05, 3.63) is 53.4 Å². The second-order valence-corrected chi connectivity index (χ2v) is 8.55. The van der Waals surface area contributed by atoms with E-state index in [0.717, 1.165) is 18.8 Å². The molecule has 1 aliphatic carbocycles. The first-order valence-electron chi connectivity index (χ1n) is 10.7. The molecule has 0 radical (unpaired) electrons. The molecule has 3 atom stereocenters.